The molecule has 1 aliphatic heterocycles. The maximum Gasteiger partial charge on any atom is 0.335 e. The van der Waals surface area contributed by atoms with Crippen molar-refractivity contribution >= 4 is 33.6 Å². The lowest BCUT2D eigenvalue weighted by Crippen LogP contribution is -2.45. The molecule has 2 N–H and O–H groups in total. The van der Waals surface area contributed by atoms with Crippen molar-refractivity contribution in [3.63, 3.8) is 0 Å². The molecule has 1 saturated heterocycles. The SMILES string of the molecule is CC1(C)CCCN(C(=O)Nc2cc(C(=O)O)ccc2Br)C1. The van der Waals surface area contributed by atoms with Crippen LogP contribution in [-0.2, 0) is 0 Å². The van der Waals surface area contributed by atoms with E-state index in [0.29, 0.717) is 16.7 Å². The van der Waals surface area contributed by atoms with Gasteiger partial charge in [-0.25, -0.2) is 9.59 Å². The lowest BCUT2D eigenvalue weighted by Gasteiger charge is -2.38. The molecule has 0 atom stereocenters. The van der Waals surface area contributed by atoms with Crippen LogP contribution in [0, 0.1) is 5.41 Å². The van der Waals surface area contributed by atoms with E-state index in [1.165, 1.54) is 12.1 Å². The predicted molar refractivity (Wildman–Crippen MR) is 84.7 cm³/mol. The van der Waals surface area contributed by atoms with E-state index in [2.05, 4.69) is 35.1 Å². The zero-order valence-electron chi connectivity index (χ0n) is 12.1. The fourth-order valence-electron chi connectivity index (χ4n) is 2.54. The van der Waals surface area contributed by atoms with Gasteiger partial charge in [0, 0.05) is 17.6 Å². The zero-order chi connectivity index (χ0) is 15.6. The summed E-state index contributed by atoms with van der Waals surface area (Å²) in [6.45, 7) is 5.72. The first-order valence-electron chi connectivity index (χ1n) is 6.87. The highest BCUT2D eigenvalue weighted by molar-refractivity contribution is 9.10. The van der Waals surface area contributed by atoms with E-state index in [1.807, 2.05) is 0 Å². The second-order valence-electron chi connectivity index (χ2n) is 6.12. The number of benzene rings is 1. The number of piperidine rings is 1. The molecule has 0 bridgehead atoms. The van der Waals surface area contributed by atoms with Gasteiger partial charge in [-0.15, -0.1) is 0 Å². The van der Waals surface area contributed by atoms with Crippen LogP contribution in [0.1, 0.15) is 37.0 Å². The number of anilines is 1. The van der Waals surface area contributed by atoms with E-state index in [4.69, 9.17) is 5.11 Å². The highest BCUT2D eigenvalue weighted by atomic mass is 79.9. The zero-order valence-corrected chi connectivity index (χ0v) is 13.7. The number of carbonyl (C=O) groups excluding carboxylic acids is 1. The van der Waals surface area contributed by atoms with Crippen molar-refractivity contribution in [1.29, 1.82) is 0 Å². The summed E-state index contributed by atoms with van der Waals surface area (Å²) < 4.78 is 0.664. The van der Waals surface area contributed by atoms with Crippen molar-refractivity contribution in [3.8, 4) is 0 Å². The van der Waals surface area contributed by atoms with Gasteiger partial charge in [0.15, 0.2) is 0 Å². The molecule has 1 aliphatic rings. The third-order valence-electron chi connectivity index (χ3n) is 3.64. The average molecular weight is 355 g/mol. The monoisotopic (exact) mass is 354 g/mol. The Hall–Kier alpha value is -1.56. The van der Waals surface area contributed by atoms with E-state index in [0.717, 1.165) is 19.4 Å². The number of carboxylic acids is 1. The first-order chi connectivity index (χ1) is 9.78. The molecule has 1 aromatic carbocycles. The predicted octanol–water partition coefficient (Wildman–Crippen LogP) is 3.80. The Morgan fingerprint density at radius 3 is 2.71 bits per heavy atom. The molecule has 1 fully saturated rings. The number of urea groups is 1. The van der Waals surface area contributed by atoms with Crippen molar-refractivity contribution in [1.82, 2.24) is 4.90 Å². The third-order valence-corrected chi connectivity index (χ3v) is 4.33. The molecule has 0 aromatic heterocycles. The molecule has 2 amide bonds. The first kappa shape index (κ1) is 15.8. The summed E-state index contributed by atoms with van der Waals surface area (Å²) >= 11 is 3.33. The van der Waals surface area contributed by atoms with Crippen LogP contribution in [0.25, 0.3) is 0 Å². The minimum absolute atomic E-state index is 0.121. The second-order valence-corrected chi connectivity index (χ2v) is 6.97. The summed E-state index contributed by atoms with van der Waals surface area (Å²) in [5.41, 5.74) is 0.742. The van der Waals surface area contributed by atoms with E-state index >= 15 is 0 Å². The second kappa shape index (κ2) is 6.05. The van der Waals surface area contributed by atoms with Gasteiger partial charge in [0.1, 0.15) is 0 Å². The van der Waals surface area contributed by atoms with E-state index in [9.17, 15) is 9.59 Å². The van der Waals surface area contributed by atoms with Gasteiger partial charge in [-0.2, -0.15) is 0 Å². The van der Waals surface area contributed by atoms with Crippen LogP contribution in [0.3, 0.4) is 0 Å². The number of amides is 2. The van der Waals surface area contributed by atoms with Crippen LogP contribution in [0.2, 0.25) is 0 Å². The van der Waals surface area contributed by atoms with Gasteiger partial charge in [0.25, 0.3) is 0 Å². The Morgan fingerprint density at radius 2 is 2.10 bits per heavy atom. The Bertz CT molecular complexity index is 572. The first-order valence-corrected chi connectivity index (χ1v) is 7.67. The molecule has 6 heteroatoms. The maximum atomic E-state index is 12.3. The Balaban J connectivity index is 2.12. The number of nitrogens with zero attached hydrogens (tertiary/aromatic N) is 1. The largest absolute Gasteiger partial charge is 0.478 e. The van der Waals surface area contributed by atoms with Crippen LogP contribution in [0.5, 0.6) is 0 Å². The van der Waals surface area contributed by atoms with Crippen molar-refractivity contribution in [2.75, 3.05) is 18.4 Å². The fraction of sp³-hybridized carbons (Fsp3) is 0.467. The summed E-state index contributed by atoms with van der Waals surface area (Å²) in [6, 6.07) is 4.39. The van der Waals surface area contributed by atoms with Crippen LogP contribution in [0.15, 0.2) is 22.7 Å². The Morgan fingerprint density at radius 1 is 1.38 bits per heavy atom. The molecule has 5 nitrogen and oxygen atoms in total. The molecule has 1 aromatic rings. The normalized spacial score (nSPS) is 17.4. The van der Waals surface area contributed by atoms with E-state index < -0.39 is 5.97 Å². The number of hydrogen-bond acceptors (Lipinski definition) is 2. The minimum Gasteiger partial charge on any atom is -0.478 e. The van der Waals surface area contributed by atoms with Crippen molar-refractivity contribution in [3.05, 3.63) is 28.2 Å². The summed E-state index contributed by atoms with van der Waals surface area (Å²) in [6.07, 6.45) is 2.09. The van der Waals surface area contributed by atoms with Crippen LogP contribution in [-0.4, -0.2) is 35.1 Å². The quantitative estimate of drug-likeness (QED) is 0.848. The number of carboxylic acid groups (broad SMARTS) is 1. The van der Waals surface area contributed by atoms with Gasteiger partial charge in [0.05, 0.1) is 11.3 Å². The standard InChI is InChI=1S/C15H19BrN2O3/c1-15(2)6-3-7-18(9-15)14(21)17-12-8-10(13(19)20)4-5-11(12)16/h4-5,8H,3,6-7,9H2,1-2H3,(H,17,21)(H,19,20). The number of rotatable bonds is 2. The molecular formula is C15H19BrN2O3. The third kappa shape index (κ3) is 3.97. The molecular weight excluding hydrogens is 336 g/mol. The summed E-state index contributed by atoms with van der Waals surface area (Å²) in [5, 5.41) is 11.8. The number of aromatic carboxylic acids is 1. The number of nitrogens with one attached hydrogen (secondary N) is 1. The number of likely N-dealkylation sites (tertiary alicyclic amines) is 1. The smallest absolute Gasteiger partial charge is 0.335 e. The molecule has 0 spiro atoms. The van der Waals surface area contributed by atoms with Gasteiger partial charge < -0.3 is 15.3 Å². The van der Waals surface area contributed by atoms with Gasteiger partial charge in [-0.1, -0.05) is 13.8 Å². The highest BCUT2D eigenvalue weighted by Crippen LogP contribution is 2.29. The number of carbonyl (C=O) groups is 2. The van der Waals surface area contributed by atoms with Crippen LogP contribution in [0.4, 0.5) is 10.5 Å². The fourth-order valence-corrected chi connectivity index (χ4v) is 2.89. The molecule has 0 saturated carbocycles. The summed E-state index contributed by atoms with van der Waals surface area (Å²) in [7, 11) is 0. The molecule has 1 heterocycles. The summed E-state index contributed by atoms with van der Waals surface area (Å²) in [4.78, 5) is 25.1. The van der Waals surface area contributed by atoms with Crippen molar-refractivity contribution < 1.29 is 14.7 Å². The molecule has 0 radical (unpaired) electrons. The molecule has 2 rings (SSSR count). The minimum atomic E-state index is -1.02. The summed E-state index contributed by atoms with van der Waals surface area (Å²) in [5.74, 6) is -1.02. The average Bonchev–Trinajstić information content (AvgIpc) is 2.39. The Labute approximate surface area is 132 Å². The topological polar surface area (TPSA) is 69.6 Å². The lowest BCUT2D eigenvalue weighted by molar-refractivity contribution is 0.0697. The molecule has 114 valence electrons. The lowest BCUT2D eigenvalue weighted by atomic mass is 9.84. The molecule has 0 unspecified atom stereocenters. The van der Waals surface area contributed by atoms with Crippen LogP contribution < -0.4 is 5.32 Å². The van der Waals surface area contributed by atoms with Gasteiger partial charge in [0.2, 0.25) is 0 Å². The molecule has 21 heavy (non-hydrogen) atoms. The van der Waals surface area contributed by atoms with Gasteiger partial charge in [-0.05, 0) is 52.4 Å². The van der Waals surface area contributed by atoms with Crippen LogP contribution >= 0.6 is 15.9 Å². The van der Waals surface area contributed by atoms with Crippen molar-refractivity contribution in [2.24, 2.45) is 5.41 Å². The van der Waals surface area contributed by atoms with Gasteiger partial charge >= 0.3 is 12.0 Å². The molecule has 0 aliphatic carbocycles. The number of hydrogen-bond donors (Lipinski definition) is 2. The van der Waals surface area contributed by atoms with E-state index in [-0.39, 0.29) is 17.0 Å². The number of halogens is 1. The van der Waals surface area contributed by atoms with Gasteiger partial charge in [-0.3, -0.25) is 0 Å². The Kier molecular flexibility index (Phi) is 4.56. The maximum absolute atomic E-state index is 12.3. The highest BCUT2D eigenvalue weighted by Gasteiger charge is 2.29. The van der Waals surface area contributed by atoms with Crippen molar-refractivity contribution in [2.45, 2.75) is 26.7 Å². The van der Waals surface area contributed by atoms with E-state index in [1.54, 1.807) is 11.0 Å².